The topological polar surface area (TPSA) is 42.0 Å². The second-order valence-corrected chi connectivity index (χ2v) is 3.59. The molecule has 1 N–H and O–H groups in total. The van der Waals surface area contributed by atoms with Crippen LogP contribution in [0.4, 0.5) is 0 Å². The molecule has 1 aromatic rings. The van der Waals surface area contributed by atoms with Crippen LogP contribution in [0.1, 0.15) is 40.2 Å². The van der Waals surface area contributed by atoms with Gasteiger partial charge in [0.05, 0.1) is 0 Å². The van der Waals surface area contributed by atoms with E-state index < -0.39 is 0 Å². The maximum atomic E-state index is 9.85. The molecule has 0 radical (unpaired) electrons. The summed E-state index contributed by atoms with van der Waals surface area (Å²) in [5, 5.41) is 2.54. The van der Waals surface area contributed by atoms with Crippen molar-refractivity contribution >= 4 is 6.41 Å². The molecule has 92 valence electrons. The van der Waals surface area contributed by atoms with E-state index in [-0.39, 0.29) is 0 Å². The highest BCUT2D eigenvalue weighted by atomic mass is 16.1. The van der Waals surface area contributed by atoms with Crippen LogP contribution in [0, 0.1) is 5.92 Å². The van der Waals surface area contributed by atoms with Gasteiger partial charge in [0.15, 0.2) is 0 Å². The lowest BCUT2D eigenvalue weighted by atomic mass is 10.3. The first kappa shape index (κ1) is 17.0. The number of hydrogen-bond acceptors (Lipinski definition) is 2. The number of pyridine rings is 1. The summed E-state index contributed by atoms with van der Waals surface area (Å²) in [4.78, 5) is 13.7. The molecule has 0 fully saturated rings. The van der Waals surface area contributed by atoms with Crippen molar-refractivity contribution in [3.63, 3.8) is 0 Å². The molecule has 0 bridgehead atoms. The monoisotopic (exact) mass is 224 g/mol. The van der Waals surface area contributed by atoms with Gasteiger partial charge in [0.25, 0.3) is 0 Å². The Hall–Kier alpha value is -1.38. The van der Waals surface area contributed by atoms with Gasteiger partial charge in [0.1, 0.15) is 0 Å². The predicted octanol–water partition coefficient (Wildman–Crippen LogP) is 3.02. The van der Waals surface area contributed by atoms with Gasteiger partial charge in [-0.1, -0.05) is 40.7 Å². The fourth-order valence-electron chi connectivity index (χ4n) is 0.662. The molecule has 0 aliphatic rings. The second kappa shape index (κ2) is 13.6. The van der Waals surface area contributed by atoms with Gasteiger partial charge >= 0.3 is 0 Å². The van der Waals surface area contributed by atoms with Gasteiger partial charge in [0.2, 0.25) is 6.41 Å². The first-order valence-corrected chi connectivity index (χ1v) is 5.72. The minimum atomic E-state index is 0.553. The van der Waals surface area contributed by atoms with Crippen LogP contribution in [0.25, 0.3) is 0 Å². The SMILES string of the molecule is CC.CC(C)C.O=CNCc1cccnc1. The number of carbonyl (C=O) groups is 1. The summed E-state index contributed by atoms with van der Waals surface area (Å²) < 4.78 is 0. The first-order chi connectivity index (χ1) is 7.66. The Labute approximate surface area is 99.3 Å². The number of carbonyl (C=O) groups excluding carboxylic acids is 1. The minimum absolute atomic E-state index is 0.553. The second-order valence-electron chi connectivity index (χ2n) is 3.59. The molecule has 0 unspecified atom stereocenters. The van der Waals surface area contributed by atoms with Gasteiger partial charge in [-0.2, -0.15) is 0 Å². The summed E-state index contributed by atoms with van der Waals surface area (Å²) in [5.41, 5.74) is 1.01. The molecule has 1 amide bonds. The number of aromatic nitrogens is 1. The summed E-state index contributed by atoms with van der Waals surface area (Å²) >= 11 is 0. The lowest BCUT2D eigenvalue weighted by Crippen LogP contribution is -2.09. The van der Waals surface area contributed by atoms with Crippen molar-refractivity contribution in [2.24, 2.45) is 5.92 Å². The Kier molecular flexibility index (Phi) is 14.5. The summed E-state index contributed by atoms with van der Waals surface area (Å²) in [6, 6.07) is 3.74. The van der Waals surface area contributed by atoms with E-state index in [0.29, 0.717) is 13.0 Å². The molecule has 0 saturated carbocycles. The number of amides is 1. The van der Waals surface area contributed by atoms with Gasteiger partial charge in [0, 0.05) is 18.9 Å². The molecular weight excluding hydrogens is 200 g/mol. The predicted molar refractivity (Wildman–Crippen MR) is 69.0 cm³/mol. The Morgan fingerprint density at radius 1 is 1.38 bits per heavy atom. The standard InChI is InChI=1S/C7H8N2O.C4H10.C2H6/c10-6-9-5-7-2-1-3-8-4-7;1-4(2)3;1-2/h1-4,6H,5H2,(H,9,10);4H,1-3H3;1-2H3. The van der Waals surface area contributed by atoms with Crippen LogP contribution in [0.5, 0.6) is 0 Å². The minimum Gasteiger partial charge on any atom is -0.355 e. The molecule has 0 saturated heterocycles. The molecule has 0 aliphatic heterocycles. The highest BCUT2D eigenvalue weighted by molar-refractivity contribution is 5.46. The number of nitrogens with one attached hydrogen (secondary N) is 1. The molecule has 0 aliphatic carbocycles. The molecule has 16 heavy (non-hydrogen) atoms. The van der Waals surface area contributed by atoms with Gasteiger partial charge in [-0.15, -0.1) is 0 Å². The average Bonchev–Trinajstić information content (AvgIpc) is 2.30. The number of hydrogen-bond donors (Lipinski definition) is 1. The van der Waals surface area contributed by atoms with Gasteiger partial charge in [-0.3, -0.25) is 9.78 Å². The van der Waals surface area contributed by atoms with Crippen LogP contribution < -0.4 is 5.32 Å². The fourth-order valence-corrected chi connectivity index (χ4v) is 0.662. The van der Waals surface area contributed by atoms with Crippen molar-refractivity contribution in [2.75, 3.05) is 0 Å². The normalized spacial score (nSPS) is 8.12. The maximum Gasteiger partial charge on any atom is 0.207 e. The van der Waals surface area contributed by atoms with E-state index in [1.54, 1.807) is 12.4 Å². The van der Waals surface area contributed by atoms with Crippen molar-refractivity contribution < 1.29 is 4.79 Å². The largest absolute Gasteiger partial charge is 0.355 e. The van der Waals surface area contributed by atoms with E-state index in [1.807, 2.05) is 26.0 Å². The van der Waals surface area contributed by atoms with E-state index >= 15 is 0 Å². The van der Waals surface area contributed by atoms with Crippen molar-refractivity contribution in [1.29, 1.82) is 0 Å². The first-order valence-electron chi connectivity index (χ1n) is 5.72. The van der Waals surface area contributed by atoms with Crippen LogP contribution in [-0.2, 0) is 11.3 Å². The average molecular weight is 224 g/mol. The van der Waals surface area contributed by atoms with Crippen molar-refractivity contribution in [3.05, 3.63) is 30.1 Å². The Balaban J connectivity index is 0. The van der Waals surface area contributed by atoms with Gasteiger partial charge in [-0.25, -0.2) is 0 Å². The molecule has 3 nitrogen and oxygen atoms in total. The molecular formula is C13H24N2O. The van der Waals surface area contributed by atoms with Gasteiger partial charge in [-0.05, 0) is 17.5 Å². The molecule has 1 heterocycles. The van der Waals surface area contributed by atoms with Crippen LogP contribution in [-0.4, -0.2) is 11.4 Å². The molecule has 3 heteroatoms. The summed E-state index contributed by atoms with van der Waals surface area (Å²) in [7, 11) is 0. The van der Waals surface area contributed by atoms with Crippen molar-refractivity contribution in [3.8, 4) is 0 Å². The van der Waals surface area contributed by atoms with E-state index in [4.69, 9.17) is 0 Å². The highest BCUT2D eigenvalue weighted by Crippen LogP contribution is 1.92. The number of nitrogens with zero attached hydrogens (tertiary/aromatic N) is 1. The Morgan fingerprint density at radius 2 is 1.94 bits per heavy atom. The Bertz CT molecular complexity index is 232. The summed E-state index contributed by atoms with van der Waals surface area (Å²) in [6.45, 7) is 11.1. The quantitative estimate of drug-likeness (QED) is 0.802. The van der Waals surface area contributed by atoms with Gasteiger partial charge < -0.3 is 5.32 Å². The zero-order valence-electron chi connectivity index (χ0n) is 11.0. The van der Waals surface area contributed by atoms with E-state index in [2.05, 4.69) is 31.1 Å². The van der Waals surface area contributed by atoms with Crippen molar-refractivity contribution in [1.82, 2.24) is 10.3 Å². The smallest absolute Gasteiger partial charge is 0.207 e. The molecule has 0 atom stereocenters. The molecule has 0 spiro atoms. The molecule has 1 aromatic heterocycles. The third kappa shape index (κ3) is 15.1. The van der Waals surface area contributed by atoms with E-state index in [9.17, 15) is 4.79 Å². The van der Waals surface area contributed by atoms with Crippen LogP contribution in [0.2, 0.25) is 0 Å². The van der Waals surface area contributed by atoms with Crippen LogP contribution in [0.3, 0.4) is 0 Å². The van der Waals surface area contributed by atoms with E-state index in [1.165, 1.54) is 0 Å². The van der Waals surface area contributed by atoms with Crippen LogP contribution in [0.15, 0.2) is 24.5 Å². The summed E-state index contributed by atoms with van der Waals surface area (Å²) in [6.07, 6.45) is 4.09. The number of rotatable bonds is 3. The zero-order chi connectivity index (χ0) is 12.8. The molecule has 1 rings (SSSR count). The third-order valence-corrected chi connectivity index (χ3v) is 1.11. The lowest BCUT2D eigenvalue weighted by Gasteiger charge is -1.95. The highest BCUT2D eigenvalue weighted by Gasteiger charge is 1.86. The Morgan fingerprint density at radius 3 is 2.31 bits per heavy atom. The zero-order valence-corrected chi connectivity index (χ0v) is 11.0. The maximum absolute atomic E-state index is 9.85. The lowest BCUT2D eigenvalue weighted by molar-refractivity contribution is -0.109. The third-order valence-electron chi connectivity index (χ3n) is 1.11. The van der Waals surface area contributed by atoms with E-state index in [0.717, 1.165) is 11.5 Å². The van der Waals surface area contributed by atoms with Crippen molar-refractivity contribution in [2.45, 2.75) is 41.2 Å². The van der Waals surface area contributed by atoms with Crippen LogP contribution >= 0.6 is 0 Å². The molecule has 0 aromatic carbocycles. The fraction of sp³-hybridized carbons (Fsp3) is 0.538. The summed E-state index contributed by atoms with van der Waals surface area (Å²) in [5.74, 6) is 0.833.